The molecule has 6 heteroatoms. The van der Waals surface area contributed by atoms with Gasteiger partial charge in [0.2, 0.25) is 0 Å². The maximum Gasteiger partial charge on any atom is 0.408 e. The molecule has 1 aromatic carbocycles. The second kappa shape index (κ2) is 6.56. The zero-order chi connectivity index (χ0) is 16.2. The van der Waals surface area contributed by atoms with Gasteiger partial charge >= 0.3 is 6.09 Å². The van der Waals surface area contributed by atoms with E-state index in [0.29, 0.717) is 0 Å². The Morgan fingerprint density at radius 3 is 2.52 bits per heavy atom. The van der Waals surface area contributed by atoms with E-state index >= 15 is 0 Å². The van der Waals surface area contributed by atoms with E-state index in [0.717, 1.165) is 6.07 Å². The van der Waals surface area contributed by atoms with Gasteiger partial charge in [0.05, 0.1) is 11.6 Å². The molecule has 0 aliphatic heterocycles. The van der Waals surface area contributed by atoms with Crippen molar-refractivity contribution in [3.05, 3.63) is 42.0 Å². The third kappa shape index (κ3) is 4.44. The van der Waals surface area contributed by atoms with Crippen molar-refractivity contribution in [1.82, 2.24) is 5.32 Å². The van der Waals surface area contributed by atoms with Crippen LogP contribution in [-0.4, -0.2) is 16.8 Å². The van der Waals surface area contributed by atoms with E-state index in [-0.39, 0.29) is 5.56 Å². The fraction of sp³-hybridized carbons (Fsp3) is 0.400. The minimum absolute atomic E-state index is 0.196. The van der Waals surface area contributed by atoms with Gasteiger partial charge in [-0.15, -0.1) is 0 Å². The van der Waals surface area contributed by atoms with Crippen LogP contribution in [0.15, 0.2) is 30.9 Å². The molecule has 0 aliphatic carbocycles. The molecule has 0 unspecified atom stereocenters. The Labute approximate surface area is 122 Å². The van der Waals surface area contributed by atoms with Crippen LogP contribution >= 0.6 is 0 Å². The number of phenolic OH excluding ortho intramolecular Hbond substituents is 1. The summed E-state index contributed by atoms with van der Waals surface area (Å²) in [5.41, 5.74) is -1.13. The van der Waals surface area contributed by atoms with Crippen LogP contribution in [0.25, 0.3) is 0 Å². The van der Waals surface area contributed by atoms with Crippen molar-refractivity contribution in [1.29, 1.82) is 0 Å². The van der Waals surface area contributed by atoms with Crippen molar-refractivity contribution in [2.24, 2.45) is 0 Å². The maximum atomic E-state index is 12.7. The van der Waals surface area contributed by atoms with Crippen LogP contribution in [0.3, 0.4) is 0 Å². The average molecular weight is 299 g/mol. The highest BCUT2D eigenvalue weighted by Crippen LogP contribution is 2.34. The van der Waals surface area contributed by atoms with Gasteiger partial charge in [0.15, 0.2) is 0 Å². The number of rotatable bonds is 5. The van der Waals surface area contributed by atoms with Crippen LogP contribution in [0.2, 0.25) is 0 Å². The van der Waals surface area contributed by atoms with Crippen LogP contribution in [-0.2, 0) is 4.74 Å². The van der Waals surface area contributed by atoms with E-state index in [1.807, 2.05) is 0 Å². The standard InChI is InChI=1S/C15H19F2NO3/c1-5-15(3,4)21-14(20)18-9(2)10-7-6-8-11(12(10)19)13(16)17/h5-9,13,19H,1H2,2-4H3,(H,18,20)/t9-/m1/s1. The Kier molecular flexibility index (Phi) is 5.29. The van der Waals surface area contributed by atoms with Crippen molar-refractivity contribution in [3.63, 3.8) is 0 Å². The summed E-state index contributed by atoms with van der Waals surface area (Å²) in [7, 11) is 0. The number of amides is 1. The first-order valence-corrected chi connectivity index (χ1v) is 6.41. The van der Waals surface area contributed by atoms with E-state index in [2.05, 4.69) is 11.9 Å². The fourth-order valence-corrected chi connectivity index (χ4v) is 1.67. The molecule has 0 radical (unpaired) electrons. The van der Waals surface area contributed by atoms with Gasteiger partial charge in [0.25, 0.3) is 6.43 Å². The number of hydrogen-bond donors (Lipinski definition) is 2. The highest BCUT2D eigenvalue weighted by atomic mass is 19.3. The quantitative estimate of drug-likeness (QED) is 0.805. The molecule has 0 saturated carbocycles. The normalized spacial score (nSPS) is 12.9. The number of alkyl halides is 2. The summed E-state index contributed by atoms with van der Waals surface area (Å²) in [5, 5.41) is 12.3. The summed E-state index contributed by atoms with van der Waals surface area (Å²) >= 11 is 0. The second-order valence-electron chi connectivity index (χ2n) is 5.15. The molecule has 1 atom stereocenters. The number of aromatic hydroxyl groups is 1. The SMILES string of the molecule is C=CC(C)(C)OC(=O)N[C@H](C)c1cccc(C(F)F)c1O. The number of benzene rings is 1. The van der Waals surface area contributed by atoms with Gasteiger partial charge in [0.1, 0.15) is 11.4 Å². The minimum atomic E-state index is -2.79. The summed E-state index contributed by atoms with van der Waals surface area (Å²) in [6.07, 6.45) is -2.05. The lowest BCUT2D eigenvalue weighted by atomic mass is 10.0. The third-order valence-corrected chi connectivity index (χ3v) is 2.98. The van der Waals surface area contributed by atoms with E-state index < -0.39 is 35.5 Å². The maximum absolute atomic E-state index is 12.7. The van der Waals surface area contributed by atoms with Crippen LogP contribution in [0.1, 0.15) is 44.4 Å². The third-order valence-electron chi connectivity index (χ3n) is 2.98. The molecule has 1 rings (SSSR count). The molecule has 0 spiro atoms. The molecule has 0 aromatic heterocycles. The first-order chi connectivity index (χ1) is 9.68. The van der Waals surface area contributed by atoms with Crippen molar-refractivity contribution >= 4 is 6.09 Å². The zero-order valence-electron chi connectivity index (χ0n) is 12.2. The Hall–Kier alpha value is -2.11. The number of para-hydroxylation sites is 1. The van der Waals surface area contributed by atoms with Gasteiger partial charge in [-0.2, -0.15) is 0 Å². The Balaban J connectivity index is 2.85. The lowest BCUT2D eigenvalue weighted by Gasteiger charge is -2.23. The van der Waals surface area contributed by atoms with Crippen molar-refractivity contribution < 1.29 is 23.4 Å². The van der Waals surface area contributed by atoms with Crippen molar-refractivity contribution in [2.75, 3.05) is 0 Å². The number of alkyl carbamates (subject to hydrolysis) is 1. The average Bonchev–Trinajstić information content (AvgIpc) is 2.37. The van der Waals surface area contributed by atoms with Crippen molar-refractivity contribution in [3.8, 4) is 5.75 Å². The Bertz CT molecular complexity index is 530. The van der Waals surface area contributed by atoms with Crippen molar-refractivity contribution in [2.45, 2.75) is 38.8 Å². The van der Waals surface area contributed by atoms with Gasteiger partial charge in [-0.3, -0.25) is 0 Å². The van der Waals surface area contributed by atoms with Gasteiger partial charge in [-0.1, -0.05) is 18.7 Å². The fourth-order valence-electron chi connectivity index (χ4n) is 1.67. The summed E-state index contributed by atoms with van der Waals surface area (Å²) in [5.74, 6) is -0.525. The van der Waals surface area contributed by atoms with E-state index in [9.17, 15) is 18.7 Å². The van der Waals surface area contributed by atoms with Crippen LogP contribution in [0.4, 0.5) is 13.6 Å². The smallest absolute Gasteiger partial charge is 0.408 e. The minimum Gasteiger partial charge on any atom is -0.507 e. The van der Waals surface area contributed by atoms with E-state index in [1.165, 1.54) is 18.2 Å². The van der Waals surface area contributed by atoms with Crippen LogP contribution < -0.4 is 5.32 Å². The number of carbonyl (C=O) groups is 1. The van der Waals surface area contributed by atoms with E-state index in [4.69, 9.17) is 4.74 Å². The van der Waals surface area contributed by atoms with Crippen LogP contribution in [0, 0.1) is 0 Å². The number of nitrogens with one attached hydrogen (secondary N) is 1. The molecule has 2 N–H and O–H groups in total. The first-order valence-electron chi connectivity index (χ1n) is 6.41. The Morgan fingerprint density at radius 1 is 1.43 bits per heavy atom. The Morgan fingerprint density at radius 2 is 2.00 bits per heavy atom. The number of ether oxygens (including phenoxy) is 1. The van der Waals surface area contributed by atoms with Gasteiger partial charge in [0, 0.05) is 5.56 Å². The zero-order valence-corrected chi connectivity index (χ0v) is 12.2. The second-order valence-corrected chi connectivity index (χ2v) is 5.15. The van der Waals surface area contributed by atoms with Gasteiger partial charge < -0.3 is 15.2 Å². The number of hydrogen-bond acceptors (Lipinski definition) is 3. The van der Waals surface area contributed by atoms with Gasteiger partial charge in [-0.25, -0.2) is 13.6 Å². The topological polar surface area (TPSA) is 58.6 Å². The molecule has 0 aliphatic rings. The summed E-state index contributed by atoms with van der Waals surface area (Å²) < 4.78 is 30.5. The molecule has 4 nitrogen and oxygen atoms in total. The molecule has 0 fully saturated rings. The summed E-state index contributed by atoms with van der Waals surface area (Å²) in [6.45, 7) is 8.41. The van der Waals surface area contributed by atoms with Gasteiger partial charge in [-0.05, 0) is 32.9 Å². The predicted octanol–water partition coefficient (Wildman–Crippen LogP) is 4.08. The molecular formula is C15H19F2NO3. The summed E-state index contributed by atoms with van der Waals surface area (Å²) in [6, 6.07) is 3.31. The van der Waals surface area contributed by atoms with Crippen LogP contribution in [0.5, 0.6) is 5.75 Å². The number of halogens is 2. The molecular weight excluding hydrogens is 280 g/mol. The molecule has 0 saturated heterocycles. The monoisotopic (exact) mass is 299 g/mol. The molecule has 21 heavy (non-hydrogen) atoms. The number of carbonyl (C=O) groups excluding carboxylic acids is 1. The first kappa shape index (κ1) is 16.9. The highest BCUT2D eigenvalue weighted by molar-refractivity contribution is 5.69. The highest BCUT2D eigenvalue weighted by Gasteiger charge is 2.23. The lowest BCUT2D eigenvalue weighted by Crippen LogP contribution is -2.34. The molecule has 0 bridgehead atoms. The molecule has 116 valence electrons. The number of phenols is 1. The lowest BCUT2D eigenvalue weighted by molar-refractivity contribution is 0.0700. The largest absolute Gasteiger partial charge is 0.507 e. The predicted molar refractivity (Wildman–Crippen MR) is 75.4 cm³/mol. The molecule has 1 aromatic rings. The molecule has 1 amide bonds. The summed E-state index contributed by atoms with van der Waals surface area (Å²) in [4.78, 5) is 11.7. The molecule has 0 heterocycles. The van der Waals surface area contributed by atoms with E-state index in [1.54, 1.807) is 20.8 Å².